The number of carbonyl (C=O) groups excluding carboxylic acids is 2. The van der Waals surface area contributed by atoms with Crippen molar-refractivity contribution in [1.29, 1.82) is 0 Å². The molecule has 1 rings (SSSR count). The zero-order valence-electron chi connectivity index (χ0n) is 12.0. The van der Waals surface area contributed by atoms with Crippen molar-refractivity contribution in [2.75, 3.05) is 39.3 Å². The van der Waals surface area contributed by atoms with E-state index in [2.05, 4.69) is 10.2 Å². The molecule has 1 saturated heterocycles. The average molecular weight is 270 g/mol. The van der Waals surface area contributed by atoms with Crippen LogP contribution < -0.4 is 11.1 Å². The molecule has 1 atom stereocenters. The molecular formula is C13H26N4O2. The predicted octanol–water partition coefficient (Wildman–Crippen LogP) is -0.606. The van der Waals surface area contributed by atoms with Crippen molar-refractivity contribution in [3.05, 3.63) is 0 Å². The summed E-state index contributed by atoms with van der Waals surface area (Å²) in [7, 11) is 0. The van der Waals surface area contributed by atoms with E-state index < -0.39 is 0 Å². The Labute approximate surface area is 115 Å². The van der Waals surface area contributed by atoms with Crippen LogP contribution in [0.4, 0.5) is 0 Å². The molecule has 3 N–H and O–H groups in total. The van der Waals surface area contributed by atoms with Crippen molar-refractivity contribution in [2.45, 2.75) is 32.7 Å². The zero-order valence-corrected chi connectivity index (χ0v) is 12.0. The maximum atomic E-state index is 11.9. The fourth-order valence-corrected chi connectivity index (χ4v) is 2.06. The number of nitrogens with one attached hydrogen (secondary N) is 1. The normalized spacial score (nSPS) is 18.2. The van der Waals surface area contributed by atoms with Gasteiger partial charge in [-0.05, 0) is 12.8 Å². The van der Waals surface area contributed by atoms with E-state index in [4.69, 9.17) is 5.73 Å². The van der Waals surface area contributed by atoms with Crippen molar-refractivity contribution >= 4 is 11.8 Å². The van der Waals surface area contributed by atoms with Gasteiger partial charge < -0.3 is 16.0 Å². The number of rotatable bonds is 6. The molecule has 2 amide bonds. The molecule has 0 aliphatic carbocycles. The Balaban J connectivity index is 2.29. The lowest BCUT2D eigenvalue weighted by atomic mass is 10.2. The molecule has 0 radical (unpaired) electrons. The van der Waals surface area contributed by atoms with Crippen molar-refractivity contribution in [3.63, 3.8) is 0 Å². The van der Waals surface area contributed by atoms with E-state index >= 15 is 0 Å². The van der Waals surface area contributed by atoms with Crippen LogP contribution in [0.15, 0.2) is 0 Å². The number of piperazine rings is 1. The summed E-state index contributed by atoms with van der Waals surface area (Å²) in [5, 5.41) is 2.86. The lowest BCUT2D eigenvalue weighted by Gasteiger charge is -2.35. The molecule has 1 heterocycles. The van der Waals surface area contributed by atoms with Crippen LogP contribution in [-0.2, 0) is 9.59 Å². The van der Waals surface area contributed by atoms with Gasteiger partial charge in [-0.3, -0.25) is 14.5 Å². The summed E-state index contributed by atoms with van der Waals surface area (Å²) in [6.45, 7) is 7.88. The van der Waals surface area contributed by atoms with E-state index in [9.17, 15) is 9.59 Å². The maximum Gasteiger partial charge on any atom is 0.239 e. The molecule has 0 aromatic rings. The molecule has 1 aliphatic heterocycles. The van der Waals surface area contributed by atoms with Crippen LogP contribution in [0.2, 0.25) is 0 Å². The fraction of sp³-hybridized carbons (Fsp3) is 0.846. The van der Waals surface area contributed by atoms with Gasteiger partial charge in [-0.2, -0.15) is 0 Å². The minimum absolute atomic E-state index is 0.0255. The molecule has 0 aromatic carbocycles. The second-order valence-electron chi connectivity index (χ2n) is 4.97. The van der Waals surface area contributed by atoms with Crippen LogP contribution in [0.1, 0.15) is 26.7 Å². The van der Waals surface area contributed by atoms with E-state index in [0.29, 0.717) is 26.1 Å². The van der Waals surface area contributed by atoms with Crippen LogP contribution in [0.3, 0.4) is 0 Å². The van der Waals surface area contributed by atoms with Crippen molar-refractivity contribution in [1.82, 2.24) is 15.1 Å². The second kappa shape index (κ2) is 8.12. The van der Waals surface area contributed by atoms with Gasteiger partial charge in [0.25, 0.3) is 0 Å². The first kappa shape index (κ1) is 15.9. The van der Waals surface area contributed by atoms with Gasteiger partial charge in [0.05, 0.1) is 12.6 Å². The number of hydrogen-bond acceptors (Lipinski definition) is 4. The van der Waals surface area contributed by atoms with E-state index in [1.165, 1.54) is 0 Å². The molecule has 1 fully saturated rings. The summed E-state index contributed by atoms with van der Waals surface area (Å²) >= 11 is 0. The number of hydrogen-bond donors (Lipinski definition) is 2. The van der Waals surface area contributed by atoms with E-state index in [-0.39, 0.29) is 17.9 Å². The molecule has 6 heteroatoms. The number of nitrogens with two attached hydrogens (primary N) is 1. The third kappa shape index (κ3) is 5.16. The highest BCUT2D eigenvalue weighted by atomic mass is 16.2. The minimum Gasteiger partial charge on any atom is -0.355 e. The van der Waals surface area contributed by atoms with Crippen molar-refractivity contribution < 1.29 is 9.59 Å². The number of nitrogens with zero attached hydrogens (tertiary/aromatic N) is 2. The van der Waals surface area contributed by atoms with Crippen LogP contribution in [0.5, 0.6) is 0 Å². The summed E-state index contributed by atoms with van der Waals surface area (Å²) in [6.07, 6.45) is 1.61. The standard InChI is InChI=1S/C13H26N4O2/c1-3-5-15-12(18)10-16-6-8-17(9-7-16)13(19)11(14)4-2/h11H,3-10,14H2,1-2H3,(H,15,18)/t11-/m0/s1. The third-order valence-electron chi connectivity index (χ3n) is 3.38. The van der Waals surface area contributed by atoms with Gasteiger partial charge in [0.2, 0.25) is 11.8 Å². The predicted molar refractivity (Wildman–Crippen MR) is 74.6 cm³/mol. The molecule has 0 aromatic heterocycles. The quantitative estimate of drug-likeness (QED) is 0.675. The summed E-state index contributed by atoms with van der Waals surface area (Å²) in [4.78, 5) is 27.4. The van der Waals surface area contributed by atoms with Crippen LogP contribution in [-0.4, -0.2) is 66.9 Å². The maximum absolute atomic E-state index is 11.9. The molecule has 0 spiro atoms. The average Bonchev–Trinajstić information content (AvgIpc) is 2.44. The Kier molecular flexibility index (Phi) is 6.80. The Morgan fingerprint density at radius 2 is 1.84 bits per heavy atom. The molecule has 110 valence electrons. The van der Waals surface area contributed by atoms with Gasteiger partial charge in [0.1, 0.15) is 0 Å². The van der Waals surface area contributed by atoms with Gasteiger partial charge >= 0.3 is 0 Å². The zero-order chi connectivity index (χ0) is 14.3. The number of amides is 2. The minimum atomic E-state index is -0.389. The molecule has 0 unspecified atom stereocenters. The van der Waals surface area contributed by atoms with Crippen LogP contribution >= 0.6 is 0 Å². The summed E-state index contributed by atoms with van der Waals surface area (Å²) in [6, 6.07) is -0.389. The molecule has 0 saturated carbocycles. The van der Waals surface area contributed by atoms with E-state index in [1.54, 1.807) is 4.90 Å². The largest absolute Gasteiger partial charge is 0.355 e. The Bertz CT molecular complexity index is 301. The molecule has 6 nitrogen and oxygen atoms in total. The first-order valence-electron chi connectivity index (χ1n) is 7.11. The molecule has 1 aliphatic rings. The van der Waals surface area contributed by atoms with Gasteiger partial charge in [-0.15, -0.1) is 0 Å². The summed E-state index contributed by atoms with van der Waals surface area (Å²) < 4.78 is 0. The second-order valence-corrected chi connectivity index (χ2v) is 4.97. The molecule has 19 heavy (non-hydrogen) atoms. The Hall–Kier alpha value is -1.14. The Morgan fingerprint density at radius 3 is 2.37 bits per heavy atom. The van der Waals surface area contributed by atoms with Gasteiger partial charge in [0.15, 0.2) is 0 Å². The first-order valence-corrected chi connectivity index (χ1v) is 7.11. The molecular weight excluding hydrogens is 244 g/mol. The van der Waals surface area contributed by atoms with E-state index in [1.807, 2.05) is 13.8 Å². The third-order valence-corrected chi connectivity index (χ3v) is 3.38. The Morgan fingerprint density at radius 1 is 1.21 bits per heavy atom. The lowest BCUT2D eigenvalue weighted by molar-refractivity contribution is -0.134. The van der Waals surface area contributed by atoms with Crippen molar-refractivity contribution in [3.8, 4) is 0 Å². The van der Waals surface area contributed by atoms with Gasteiger partial charge in [-0.1, -0.05) is 13.8 Å². The highest BCUT2D eigenvalue weighted by Gasteiger charge is 2.24. The van der Waals surface area contributed by atoms with Gasteiger partial charge in [0, 0.05) is 32.7 Å². The number of carbonyl (C=O) groups is 2. The highest BCUT2D eigenvalue weighted by Crippen LogP contribution is 2.04. The highest BCUT2D eigenvalue weighted by molar-refractivity contribution is 5.81. The van der Waals surface area contributed by atoms with E-state index in [0.717, 1.165) is 26.1 Å². The van der Waals surface area contributed by atoms with Crippen LogP contribution in [0.25, 0.3) is 0 Å². The van der Waals surface area contributed by atoms with Gasteiger partial charge in [-0.25, -0.2) is 0 Å². The topological polar surface area (TPSA) is 78.7 Å². The molecule has 0 bridgehead atoms. The van der Waals surface area contributed by atoms with Crippen molar-refractivity contribution in [2.24, 2.45) is 5.73 Å². The first-order chi connectivity index (χ1) is 9.08. The fourth-order valence-electron chi connectivity index (χ4n) is 2.06. The lowest BCUT2D eigenvalue weighted by Crippen LogP contribution is -2.54. The smallest absolute Gasteiger partial charge is 0.239 e. The SMILES string of the molecule is CCCNC(=O)CN1CCN(C(=O)[C@@H](N)CC)CC1. The summed E-state index contributed by atoms with van der Waals surface area (Å²) in [5.41, 5.74) is 5.75. The van der Waals surface area contributed by atoms with Crippen LogP contribution in [0, 0.1) is 0 Å². The monoisotopic (exact) mass is 270 g/mol. The summed E-state index contributed by atoms with van der Waals surface area (Å²) in [5.74, 6) is 0.0875.